The highest BCUT2D eigenvalue weighted by Gasteiger charge is 2.44. The number of aromatic nitrogens is 4. The Labute approximate surface area is 205 Å². The fraction of sp³-hybridized carbons (Fsp3) is 0.250. The van der Waals surface area contributed by atoms with Crippen molar-refractivity contribution in [3.63, 3.8) is 0 Å². The molecule has 0 radical (unpaired) electrons. The molecule has 186 valence electrons. The van der Waals surface area contributed by atoms with Gasteiger partial charge in [0.05, 0.1) is 12.5 Å². The summed E-state index contributed by atoms with van der Waals surface area (Å²) < 4.78 is 12.6. The zero-order valence-corrected chi connectivity index (χ0v) is 19.3. The molecule has 0 spiro atoms. The van der Waals surface area contributed by atoms with Crippen LogP contribution < -0.4 is 21.1 Å². The highest BCUT2D eigenvalue weighted by atomic mass is 16.6. The van der Waals surface area contributed by atoms with Crippen molar-refractivity contribution < 1.29 is 24.5 Å². The Bertz CT molecular complexity index is 1380. The molecule has 1 amide bonds. The van der Waals surface area contributed by atoms with E-state index in [1.165, 1.54) is 11.0 Å². The van der Waals surface area contributed by atoms with Crippen molar-refractivity contribution in [1.29, 1.82) is 0 Å². The van der Waals surface area contributed by atoms with Crippen LogP contribution in [0.5, 0.6) is 5.75 Å². The van der Waals surface area contributed by atoms with Crippen LogP contribution in [0, 0.1) is 0 Å². The van der Waals surface area contributed by atoms with E-state index in [9.17, 15) is 15.0 Å². The van der Waals surface area contributed by atoms with Crippen LogP contribution in [0.1, 0.15) is 6.23 Å². The summed E-state index contributed by atoms with van der Waals surface area (Å²) in [6.45, 7) is 0.0339. The number of aliphatic hydroxyl groups excluding tert-OH is 2. The molecular formula is C24H25N7O5. The molecule has 0 bridgehead atoms. The molecule has 2 aromatic heterocycles. The minimum absolute atomic E-state index is 0.0339. The average Bonchev–Trinajstić information content (AvgIpc) is 3.42. The lowest BCUT2D eigenvalue weighted by atomic mass is 10.1. The third-order valence-electron chi connectivity index (χ3n) is 6.01. The van der Waals surface area contributed by atoms with E-state index in [4.69, 9.17) is 20.3 Å². The Balaban J connectivity index is 1.65. The maximum atomic E-state index is 10.9. The van der Waals surface area contributed by atoms with Crippen LogP contribution in [-0.2, 0) is 9.53 Å². The van der Waals surface area contributed by atoms with Crippen molar-refractivity contribution in [2.24, 2.45) is 5.73 Å². The van der Waals surface area contributed by atoms with E-state index >= 15 is 0 Å². The molecule has 1 aliphatic heterocycles. The number of anilines is 3. The number of nitrogens with zero attached hydrogens (tertiary/aromatic N) is 4. The lowest BCUT2D eigenvalue weighted by Gasteiger charge is -2.15. The number of carbonyl (C=O) groups is 1. The van der Waals surface area contributed by atoms with Gasteiger partial charge < -0.3 is 36.1 Å². The van der Waals surface area contributed by atoms with Crippen molar-refractivity contribution in [3.05, 3.63) is 54.9 Å². The van der Waals surface area contributed by atoms with E-state index in [-0.39, 0.29) is 6.54 Å². The molecule has 12 nitrogen and oxygen atoms in total. The van der Waals surface area contributed by atoms with Gasteiger partial charge in [-0.15, -0.1) is 0 Å². The van der Waals surface area contributed by atoms with Gasteiger partial charge in [0, 0.05) is 23.5 Å². The van der Waals surface area contributed by atoms with Crippen molar-refractivity contribution >= 4 is 34.6 Å². The van der Waals surface area contributed by atoms with E-state index < -0.39 is 24.5 Å². The first-order valence-electron chi connectivity index (χ1n) is 11.2. The topological polar surface area (TPSA) is 170 Å². The van der Waals surface area contributed by atoms with Gasteiger partial charge in [0.15, 0.2) is 11.9 Å². The van der Waals surface area contributed by atoms with Crippen LogP contribution in [0.2, 0.25) is 0 Å². The van der Waals surface area contributed by atoms with Gasteiger partial charge in [-0.2, -0.15) is 5.10 Å². The fourth-order valence-corrected chi connectivity index (χ4v) is 4.21. The first-order chi connectivity index (χ1) is 17.5. The number of benzene rings is 2. The van der Waals surface area contributed by atoms with Gasteiger partial charge in [-0.3, -0.25) is 4.79 Å². The van der Waals surface area contributed by atoms with Gasteiger partial charge in [0.1, 0.15) is 41.9 Å². The molecule has 1 aliphatic rings. The second-order valence-corrected chi connectivity index (χ2v) is 8.19. The number of carbonyl (C=O) groups excluding carboxylic acids is 1. The third kappa shape index (κ3) is 4.22. The first kappa shape index (κ1) is 23.6. The van der Waals surface area contributed by atoms with Gasteiger partial charge in [0.25, 0.3) is 0 Å². The summed E-state index contributed by atoms with van der Waals surface area (Å²) in [7, 11) is 1.58. The predicted molar refractivity (Wildman–Crippen MR) is 132 cm³/mol. The number of nitrogens with two attached hydrogens (primary N) is 1. The lowest BCUT2D eigenvalue weighted by molar-refractivity contribution is -0.105. The van der Waals surface area contributed by atoms with Crippen LogP contribution in [0.25, 0.3) is 22.3 Å². The van der Waals surface area contributed by atoms with Crippen molar-refractivity contribution in [3.8, 4) is 17.0 Å². The molecule has 6 N–H and O–H groups in total. The first-order valence-corrected chi connectivity index (χ1v) is 11.2. The molecule has 4 atom stereocenters. The summed E-state index contributed by atoms with van der Waals surface area (Å²) in [5, 5.41) is 32.3. The van der Waals surface area contributed by atoms with Crippen LogP contribution in [-0.4, -0.2) is 68.3 Å². The number of ether oxygens (including phenoxy) is 2. The molecule has 0 aliphatic carbocycles. The largest absolute Gasteiger partial charge is 0.497 e. The average molecular weight is 492 g/mol. The quantitative estimate of drug-likeness (QED) is 0.227. The van der Waals surface area contributed by atoms with E-state index in [0.717, 1.165) is 5.56 Å². The van der Waals surface area contributed by atoms with Gasteiger partial charge in [-0.05, 0) is 42.5 Å². The Morgan fingerprint density at radius 1 is 1.14 bits per heavy atom. The summed E-state index contributed by atoms with van der Waals surface area (Å²) >= 11 is 0. The molecule has 36 heavy (non-hydrogen) atoms. The normalized spacial score (nSPS) is 21.4. The van der Waals surface area contributed by atoms with Crippen molar-refractivity contribution in [2.45, 2.75) is 24.5 Å². The van der Waals surface area contributed by atoms with E-state index in [0.29, 0.717) is 46.1 Å². The monoisotopic (exact) mass is 491 g/mol. The second-order valence-electron chi connectivity index (χ2n) is 8.19. The number of amides is 1. The van der Waals surface area contributed by atoms with Crippen molar-refractivity contribution in [2.75, 3.05) is 24.3 Å². The Kier molecular flexibility index (Phi) is 6.48. The Morgan fingerprint density at radius 2 is 1.92 bits per heavy atom. The van der Waals surface area contributed by atoms with Crippen LogP contribution in [0.3, 0.4) is 0 Å². The standard InChI is InChI=1S/C24H25N7O5/c1-35-16-7-5-13(6-8-16)19-18-22(29-15-4-2-3-14(9-15)28-12-32)26-11-27-23(18)31(30-19)24-21(34)20(33)17(10-25)36-24/h2-9,11-12,17,20-21,24,33-34H,10,25H2,1H3,(H,28,32)(H,26,27,29)/t17-,20-,21-,24-/m1/s1. The summed E-state index contributed by atoms with van der Waals surface area (Å²) in [6.07, 6.45) is -2.22. The minimum atomic E-state index is -1.26. The molecule has 1 fully saturated rings. The SMILES string of the molecule is COc1ccc(-c2nn([C@@H]3O[C@H](CN)[C@@H](O)[C@H]3O)c3ncnc(Nc4cccc(NC=O)c4)c23)cc1. The number of methoxy groups -OCH3 is 1. The highest BCUT2D eigenvalue weighted by Crippen LogP contribution is 2.38. The molecule has 2 aromatic carbocycles. The molecule has 0 unspecified atom stereocenters. The predicted octanol–water partition coefficient (Wildman–Crippen LogP) is 1.39. The van der Waals surface area contributed by atoms with Crippen LogP contribution >= 0.6 is 0 Å². The molecular weight excluding hydrogens is 466 g/mol. The third-order valence-corrected chi connectivity index (χ3v) is 6.01. The molecule has 0 saturated carbocycles. The number of hydrogen-bond acceptors (Lipinski definition) is 10. The van der Waals surface area contributed by atoms with E-state index in [1.807, 2.05) is 18.2 Å². The summed E-state index contributed by atoms with van der Waals surface area (Å²) in [4.78, 5) is 19.7. The zero-order valence-electron chi connectivity index (χ0n) is 19.3. The zero-order chi connectivity index (χ0) is 25.2. The molecule has 5 rings (SSSR count). The van der Waals surface area contributed by atoms with Crippen LogP contribution in [0.15, 0.2) is 54.9 Å². The maximum Gasteiger partial charge on any atom is 0.211 e. The second kappa shape index (κ2) is 9.87. The van der Waals surface area contributed by atoms with E-state index in [1.54, 1.807) is 37.4 Å². The van der Waals surface area contributed by atoms with Crippen LogP contribution in [0.4, 0.5) is 17.2 Å². The van der Waals surface area contributed by atoms with Gasteiger partial charge in [-0.1, -0.05) is 6.07 Å². The van der Waals surface area contributed by atoms with Gasteiger partial charge >= 0.3 is 0 Å². The molecule has 12 heteroatoms. The molecule has 1 saturated heterocycles. The smallest absolute Gasteiger partial charge is 0.211 e. The maximum absolute atomic E-state index is 10.9. The minimum Gasteiger partial charge on any atom is -0.497 e. The summed E-state index contributed by atoms with van der Waals surface area (Å²) in [5.74, 6) is 1.13. The Hall–Kier alpha value is -4.10. The number of nitrogens with one attached hydrogen (secondary N) is 2. The summed E-state index contributed by atoms with van der Waals surface area (Å²) in [5.41, 5.74) is 8.64. The van der Waals surface area contributed by atoms with E-state index in [2.05, 4.69) is 20.6 Å². The summed E-state index contributed by atoms with van der Waals surface area (Å²) in [6, 6.07) is 14.4. The number of hydrogen-bond donors (Lipinski definition) is 5. The Morgan fingerprint density at radius 3 is 2.61 bits per heavy atom. The highest BCUT2D eigenvalue weighted by molar-refractivity contribution is 6.00. The van der Waals surface area contributed by atoms with Crippen molar-refractivity contribution in [1.82, 2.24) is 19.7 Å². The van der Waals surface area contributed by atoms with Gasteiger partial charge in [0.2, 0.25) is 6.41 Å². The number of fused-ring (bicyclic) bond motifs is 1. The molecule has 4 aromatic rings. The number of aliphatic hydroxyl groups is 2. The van der Waals surface area contributed by atoms with Gasteiger partial charge in [-0.25, -0.2) is 14.6 Å². The number of rotatable bonds is 8. The fourth-order valence-electron chi connectivity index (χ4n) is 4.21. The molecule has 3 heterocycles. The lowest BCUT2D eigenvalue weighted by Crippen LogP contribution is -2.35.